The maximum atomic E-state index is 10.9. The highest BCUT2D eigenvalue weighted by Gasteiger charge is 2.02. The van der Waals surface area contributed by atoms with Crippen molar-refractivity contribution in [3.05, 3.63) is 64.7 Å². The zero-order chi connectivity index (χ0) is 12.1. The van der Waals surface area contributed by atoms with Gasteiger partial charge in [0, 0.05) is 22.8 Å². The van der Waals surface area contributed by atoms with Crippen LogP contribution in [-0.4, -0.2) is 6.29 Å². The number of hydrogen-bond donors (Lipinski definition) is 1. The van der Waals surface area contributed by atoms with Crippen LogP contribution >= 0.6 is 11.6 Å². The highest BCUT2D eigenvalue weighted by Crippen LogP contribution is 2.20. The van der Waals surface area contributed by atoms with Gasteiger partial charge in [-0.05, 0) is 23.8 Å². The van der Waals surface area contributed by atoms with Crippen LogP contribution in [0.15, 0.2) is 48.5 Å². The van der Waals surface area contributed by atoms with E-state index < -0.39 is 0 Å². The summed E-state index contributed by atoms with van der Waals surface area (Å²) in [7, 11) is 0. The molecular formula is C14H12ClNO. The molecule has 0 heterocycles. The molecule has 0 aliphatic heterocycles. The van der Waals surface area contributed by atoms with Gasteiger partial charge in [-0.15, -0.1) is 0 Å². The Morgan fingerprint density at radius 3 is 2.59 bits per heavy atom. The van der Waals surface area contributed by atoms with Crippen LogP contribution in [-0.2, 0) is 6.54 Å². The van der Waals surface area contributed by atoms with Crippen molar-refractivity contribution in [3.63, 3.8) is 0 Å². The van der Waals surface area contributed by atoms with Gasteiger partial charge in [0.2, 0.25) is 0 Å². The summed E-state index contributed by atoms with van der Waals surface area (Å²) in [5.41, 5.74) is 2.53. The molecule has 0 fully saturated rings. The molecule has 0 aliphatic carbocycles. The maximum Gasteiger partial charge on any atom is 0.152 e. The highest BCUT2D eigenvalue weighted by atomic mass is 35.5. The first-order valence-corrected chi connectivity index (χ1v) is 5.70. The zero-order valence-corrected chi connectivity index (χ0v) is 9.95. The monoisotopic (exact) mass is 245 g/mol. The normalized spacial score (nSPS) is 9.94. The van der Waals surface area contributed by atoms with E-state index in [0.29, 0.717) is 17.1 Å². The van der Waals surface area contributed by atoms with Gasteiger partial charge in [-0.1, -0.05) is 41.9 Å². The minimum atomic E-state index is 0.616. The Balaban J connectivity index is 2.13. The third kappa shape index (κ3) is 3.08. The van der Waals surface area contributed by atoms with Crippen LogP contribution in [0.3, 0.4) is 0 Å². The number of aldehydes is 1. The van der Waals surface area contributed by atoms with Gasteiger partial charge in [0.05, 0.1) is 0 Å². The summed E-state index contributed by atoms with van der Waals surface area (Å²) in [5, 5.41) is 3.82. The molecule has 0 bridgehead atoms. The molecule has 86 valence electrons. The number of carbonyl (C=O) groups excluding carboxylic acids is 1. The molecule has 0 radical (unpaired) electrons. The molecule has 0 amide bonds. The van der Waals surface area contributed by atoms with Gasteiger partial charge in [-0.3, -0.25) is 4.79 Å². The van der Waals surface area contributed by atoms with E-state index in [1.54, 1.807) is 18.2 Å². The Labute approximate surface area is 105 Å². The Hall–Kier alpha value is -1.80. The van der Waals surface area contributed by atoms with Gasteiger partial charge >= 0.3 is 0 Å². The van der Waals surface area contributed by atoms with Crippen LogP contribution in [0.25, 0.3) is 0 Å². The lowest BCUT2D eigenvalue weighted by atomic mass is 10.1. The van der Waals surface area contributed by atoms with E-state index in [2.05, 4.69) is 5.32 Å². The van der Waals surface area contributed by atoms with Crippen molar-refractivity contribution in [2.45, 2.75) is 6.54 Å². The smallest absolute Gasteiger partial charge is 0.152 e. The zero-order valence-electron chi connectivity index (χ0n) is 9.19. The molecule has 0 unspecified atom stereocenters. The van der Waals surface area contributed by atoms with Gasteiger partial charge in [-0.2, -0.15) is 0 Å². The summed E-state index contributed by atoms with van der Waals surface area (Å²) in [6.45, 7) is 0.669. The predicted octanol–water partition coefficient (Wildman–Crippen LogP) is 3.76. The van der Waals surface area contributed by atoms with Gasteiger partial charge in [0.15, 0.2) is 6.29 Å². The van der Waals surface area contributed by atoms with E-state index in [1.807, 2.05) is 30.3 Å². The SMILES string of the molecule is O=Cc1ccc(Cl)cc1NCc1ccccc1. The highest BCUT2D eigenvalue weighted by molar-refractivity contribution is 6.31. The van der Waals surface area contributed by atoms with Crippen LogP contribution in [0.2, 0.25) is 5.02 Å². The van der Waals surface area contributed by atoms with Gasteiger partial charge in [0.25, 0.3) is 0 Å². The van der Waals surface area contributed by atoms with Crippen molar-refractivity contribution in [3.8, 4) is 0 Å². The second-order valence-corrected chi connectivity index (χ2v) is 4.13. The lowest BCUT2D eigenvalue weighted by molar-refractivity contribution is 0.112. The standard InChI is InChI=1S/C14H12ClNO/c15-13-7-6-12(10-17)14(8-13)16-9-11-4-2-1-3-5-11/h1-8,10,16H,9H2. The van der Waals surface area contributed by atoms with Crippen LogP contribution < -0.4 is 5.32 Å². The van der Waals surface area contributed by atoms with Gasteiger partial charge in [-0.25, -0.2) is 0 Å². The first-order chi connectivity index (χ1) is 8.29. The lowest BCUT2D eigenvalue weighted by Gasteiger charge is -2.09. The molecule has 17 heavy (non-hydrogen) atoms. The molecule has 2 nitrogen and oxygen atoms in total. The first kappa shape index (κ1) is 11.7. The van der Waals surface area contributed by atoms with Crippen LogP contribution in [0, 0.1) is 0 Å². The van der Waals surface area contributed by atoms with Crippen molar-refractivity contribution in [1.29, 1.82) is 0 Å². The summed E-state index contributed by atoms with van der Waals surface area (Å²) in [5.74, 6) is 0. The number of halogens is 1. The molecule has 0 spiro atoms. The van der Waals surface area contributed by atoms with Crippen LogP contribution in [0.5, 0.6) is 0 Å². The third-order valence-electron chi connectivity index (χ3n) is 2.47. The summed E-state index contributed by atoms with van der Waals surface area (Å²) in [6.07, 6.45) is 0.823. The fourth-order valence-electron chi connectivity index (χ4n) is 1.58. The topological polar surface area (TPSA) is 29.1 Å². The Bertz CT molecular complexity index is 511. The van der Waals surface area contributed by atoms with E-state index in [-0.39, 0.29) is 0 Å². The number of rotatable bonds is 4. The van der Waals surface area contributed by atoms with Crippen molar-refractivity contribution < 1.29 is 4.79 Å². The minimum absolute atomic E-state index is 0.616. The average molecular weight is 246 g/mol. The molecule has 3 heteroatoms. The van der Waals surface area contributed by atoms with Gasteiger partial charge < -0.3 is 5.32 Å². The molecule has 0 saturated carbocycles. The lowest BCUT2D eigenvalue weighted by Crippen LogP contribution is -2.01. The fourth-order valence-corrected chi connectivity index (χ4v) is 1.75. The fraction of sp³-hybridized carbons (Fsp3) is 0.0714. The number of nitrogens with one attached hydrogen (secondary N) is 1. The van der Waals surface area contributed by atoms with Crippen LogP contribution in [0.1, 0.15) is 15.9 Å². The van der Waals surface area contributed by atoms with Crippen molar-refractivity contribution >= 4 is 23.6 Å². The molecule has 2 aromatic carbocycles. The number of benzene rings is 2. The predicted molar refractivity (Wildman–Crippen MR) is 70.6 cm³/mol. The molecule has 0 saturated heterocycles. The van der Waals surface area contributed by atoms with Crippen molar-refractivity contribution in [1.82, 2.24) is 0 Å². The first-order valence-electron chi connectivity index (χ1n) is 5.32. The van der Waals surface area contributed by atoms with E-state index in [1.165, 1.54) is 0 Å². The molecular weight excluding hydrogens is 234 g/mol. The van der Waals surface area contributed by atoms with Gasteiger partial charge in [0.1, 0.15) is 0 Å². The van der Waals surface area contributed by atoms with Crippen molar-refractivity contribution in [2.75, 3.05) is 5.32 Å². The summed E-state index contributed by atoms with van der Waals surface area (Å²) < 4.78 is 0. The average Bonchev–Trinajstić information content (AvgIpc) is 2.38. The number of carbonyl (C=O) groups is 1. The minimum Gasteiger partial charge on any atom is -0.380 e. The quantitative estimate of drug-likeness (QED) is 0.831. The van der Waals surface area contributed by atoms with E-state index in [0.717, 1.165) is 17.5 Å². The molecule has 0 aliphatic rings. The number of anilines is 1. The summed E-state index contributed by atoms with van der Waals surface area (Å²) in [4.78, 5) is 10.9. The molecule has 1 N–H and O–H groups in total. The molecule has 0 atom stereocenters. The van der Waals surface area contributed by atoms with E-state index in [9.17, 15) is 4.79 Å². The Kier molecular flexibility index (Phi) is 3.78. The largest absolute Gasteiger partial charge is 0.380 e. The number of hydrogen-bond acceptors (Lipinski definition) is 2. The Morgan fingerprint density at radius 2 is 1.88 bits per heavy atom. The Morgan fingerprint density at radius 1 is 1.12 bits per heavy atom. The van der Waals surface area contributed by atoms with Crippen molar-refractivity contribution in [2.24, 2.45) is 0 Å². The molecule has 2 aromatic rings. The molecule has 2 rings (SSSR count). The maximum absolute atomic E-state index is 10.9. The molecule has 0 aromatic heterocycles. The summed E-state index contributed by atoms with van der Waals surface area (Å²) >= 11 is 5.90. The third-order valence-corrected chi connectivity index (χ3v) is 2.70. The van der Waals surface area contributed by atoms with Crippen LogP contribution in [0.4, 0.5) is 5.69 Å². The second kappa shape index (κ2) is 5.51. The second-order valence-electron chi connectivity index (χ2n) is 3.69. The van der Waals surface area contributed by atoms with E-state index >= 15 is 0 Å². The summed E-state index contributed by atoms with van der Waals surface area (Å²) in [6, 6.07) is 15.2. The van der Waals surface area contributed by atoms with E-state index in [4.69, 9.17) is 11.6 Å².